The minimum atomic E-state index is 0.648. The zero-order valence-electron chi connectivity index (χ0n) is 16.7. The van der Waals surface area contributed by atoms with Crippen molar-refractivity contribution in [1.82, 2.24) is 19.5 Å². The smallest absolute Gasteiger partial charge is 0.172 e. The highest BCUT2D eigenvalue weighted by atomic mass is 79.9. The molecule has 5 nitrogen and oxygen atoms in total. The van der Waals surface area contributed by atoms with Crippen LogP contribution in [0, 0.1) is 5.92 Å². The van der Waals surface area contributed by atoms with E-state index >= 15 is 0 Å². The number of benzene rings is 1. The van der Waals surface area contributed by atoms with E-state index in [2.05, 4.69) is 49.1 Å². The van der Waals surface area contributed by atoms with Gasteiger partial charge in [-0.1, -0.05) is 29.8 Å². The Kier molecular flexibility index (Phi) is 6.23. The molecule has 8 heteroatoms. The minimum Gasteiger partial charge on any atom is -0.370 e. The fourth-order valence-corrected chi connectivity index (χ4v) is 6.36. The first-order valence-electron chi connectivity index (χ1n) is 10.5. The summed E-state index contributed by atoms with van der Waals surface area (Å²) in [6.07, 6.45) is 5.71. The van der Waals surface area contributed by atoms with Gasteiger partial charge in [-0.15, -0.1) is 0 Å². The second-order valence-corrected chi connectivity index (χ2v) is 10.5. The summed E-state index contributed by atoms with van der Waals surface area (Å²) in [5.74, 6) is 4.22. The summed E-state index contributed by atoms with van der Waals surface area (Å²) in [5.41, 5.74) is 2.58. The Bertz CT molecular complexity index is 1040. The van der Waals surface area contributed by atoms with Gasteiger partial charge in [-0.05, 0) is 59.5 Å². The van der Waals surface area contributed by atoms with Gasteiger partial charge in [0.25, 0.3) is 0 Å². The summed E-state index contributed by atoms with van der Waals surface area (Å²) in [6, 6.07) is 10.7. The molecule has 0 aliphatic carbocycles. The second kappa shape index (κ2) is 9.07. The van der Waals surface area contributed by atoms with Crippen LogP contribution in [0.1, 0.15) is 19.3 Å². The van der Waals surface area contributed by atoms with Crippen molar-refractivity contribution in [2.24, 2.45) is 5.92 Å². The van der Waals surface area contributed by atoms with Crippen LogP contribution in [0.2, 0.25) is 5.02 Å². The predicted molar refractivity (Wildman–Crippen MR) is 130 cm³/mol. The van der Waals surface area contributed by atoms with Gasteiger partial charge in [0.2, 0.25) is 0 Å². The van der Waals surface area contributed by atoms with Gasteiger partial charge in [0.15, 0.2) is 5.65 Å². The molecular weight excluding hydrogens is 482 g/mol. The Labute approximate surface area is 194 Å². The highest BCUT2D eigenvalue weighted by molar-refractivity contribution is 9.10. The third kappa shape index (κ3) is 4.22. The Hall–Kier alpha value is -1.28. The summed E-state index contributed by atoms with van der Waals surface area (Å²) < 4.78 is 2.75. The fourth-order valence-electron chi connectivity index (χ4n) is 4.52. The van der Waals surface area contributed by atoms with Crippen molar-refractivity contribution in [3.8, 4) is 11.3 Å². The number of anilines is 1. The molecular formula is C22H25BrClN5S. The van der Waals surface area contributed by atoms with Gasteiger partial charge in [0.1, 0.15) is 5.82 Å². The lowest BCUT2D eigenvalue weighted by Gasteiger charge is -2.36. The van der Waals surface area contributed by atoms with Gasteiger partial charge in [-0.3, -0.25) is 4.90 Å². The van der Waals surface area contributed by atoms with Gasteiger partial charge in [0, 0.05) is 41.5 Å². The number of fused-ring (bicyclic) bond motifs is 1. The standard InChI is InChI=1S/C22H25BrClN5S/c23-18-12-26-29-21(10-20(27-22(18)29)17-5-1-2-6-19(17)24)25-11-15-4-3-8-28(13-15)16-7-9-30-14-16/h1-2,5-6,10,12,15-16,25H,3-4,7-9,11,13-14H2. The molecule has 0 amide bonds. The van der Waals surface area contributed by atoms with Gasteiger partial charge in [-0.25, -0.2) is 4.98 Å². The lowest BCUT2D eigenvalue weighted by molar-refractivity contribution is 0.139. The molecule has 0 spiro atoms. The number of thioether (sulfide) groups is 1. The summed E-state index contributed by atoms with van der Waals surface area (Å²) in [7, 11) is 0. The molecule has 0 radical (unpaired) electrons. The van der Waals surface area contributed by atoms with Gasteiger partial charge in [0.05, 0.1) is 16.4 Å². The van der Waals surface area contributed by atoms with Crippen LogP contribution in [0.5, 0.6) is 0 Å². The lowest BCUT2D eigenvalue weighted by Crippen LogP contribution is -2.44. The number of likely N-dealkylation sites (tertiary alicyclic amines) is 1. The number of nitrogens with one attached hydrogen (secondary N) is 1. The zero-order chi connectivity index (χ0) is 20.5. The first-order valence-corrected chi connectivity index (χ1v) is 12.9. The van der Waals surface area contributed by atoms with E-state index in [-0.39, 0.29) is 0 Å². The summed E-state index contributed by atoms with van der Waals surface area (Å²) in [4.78, 5) is 7.52. The van der Waals surface area contributed by atoms with Crippen LogP contribution >= 0.6 is 39.3 Å². The van der Waals surface area contributed by atoms with Crippen molar-refractivity contribution in [3.63, 3.8) is 0 Å². The quantitative estimate of drug-likeness (QED) is 0.499. The van der Waals surface area contributed by atoms with E-state index in [1.165, 1.54) is 43.9 Å². The van der Waals surface area contributed by atoms with E-state index in [0.29, 0.717) is 10.9 Å². The van der Waals surface area contributed by atoms with Crippen molar-refractivity contribution in [2.45, 2.75) is 25.3 Å². The molecule has 2 unspecified atom stereocenters. The molecule has 1 N–H and O–H groups in total. The van der Waals surface area contributed by atoms with Crippen molar-refractivity contribution >= 4 is 50.8 Å². The molecule has 3 aromatic rings. The lowest BCUT2D eigenvalue weighted by atomic mass is 9.96. The number of halogens is 2. The number of hydrogen-bond donors (Lipinski definition) is 1. The Morgan fingerprint density at radius 3 is 3.00 bits per heavy atom. The number of hydrogen-bond acceptors (Lipinski definition) is 5. The van der Waals surface area contributed by atoms with Crippen LogP contribution in [0.3, 0.4) is 0 Å². The molecule has 2 aromatic heterocycles. The number of piperidine rings is 1. The summed E-state index contributed by atoms with van der Waals surface area (Å²) >= 11 is 12.1. The molecule has 5 rings (SSSR count). The molecule has 1 aromatic carbocycles. The van der Waals surface area contributed by atoms with E-state index in [0.717, 1.165) is 39.8 Å². The summed E-state index contributed by atoms with van der Waals surface area (Å²) in [6.45, 7) is 3.38. The SMILES string of the molecule is Clc1ccccc1-c1cc(NCC2CCCN(C3CCSC3)C2)n2ncc(Br)c2n1. The third-order valence-electron chi connectivity index (χ3n) is 6.12. The third-order valence-corrected chi connectivity index (χ3v) is 8.16. The molecule has 2 atom stereocenters. The van der Waals surface area contributed by atoms with E-state index in [1.54, 1.807) is 6.20 Å². The van der Waals surface area contributed by atoms with Crippen LogP contribution in [-0.4, -0.2) is 56.7 Å². The van der Waals surface area contributed by atoms with Crippen molar-refractivity contribution in [2.75, 3.05) is 36.5 Å². The monoisotopic (exact) mass is 505 g/mol. The Morgan fingerprint density at radius 2 is 2.17 bits per heavy atom. The predicted octanol–water partition coefficient (Wildman–Crippen LogP) is 5.44. The topological polar surface area (TPSA) is 45.5 Å². The van der Waals surface area contributed by atoms with Crippen molar-refractivity contribution < 1.29 is 0 Å². The molecule has 2 saturated heterocycles. The van der Waals surface area contributed by atoms with Gasteiger partial charge >= 0.3 is 0 Å². The Balaban J connectivity index is 1.38. The van der Waals surface area contributed by atoms with Crippen LogP contribution in [0.4, 0.5) is 5.82 Å². The largest absolute Gasteiger partial charge is 0.370 e. The highest BCUT2D eigenvalue weighted by Gasteiger charge is 2.28. The Morgan fingerprint density at radius 1 is 1.27 bits per heavy atom. The minimum absolute atomic E-state index is 0.648. The normalized spacial score (nSPS) is 22.6. The maximum atomic E-state index is 6.45. The molecule has 2 aliphatic rings. The molecule has 0 bridgehead atoms. The molecule has 0 saturated carbocycles. The summed E-state index contributed by atoms with van der Waals surface area (Å²) in [5, 5.41) is 8.89. The van der Waals surface area contributed by atoms with Crippen LogP contribution in [0.15, 0.2) is 41.0 Å². The zero-order valence-corrected chi connectivity index (χ0v) is 19.9. The van der Waals surface area contributed by atoms with E-state index in [1.807, 2.05) is 28.8 Å². The van der Waals surface area contributed by atoms with Gasteiger partial charge in [-0.2, -0.15) is 21.4 Å². The second-order valence-electron chi connectivity index (χ2n) is 8.14. The fraction of sp³-hybridized carbons (Fsp3) is 0.455. The van der Waals surface area contributed by atoms with Crippen molar-refractivity contribution in [1.29, 1.82) is 0 Å². The number of rotatable bonds is 5. The molecule has 158 valence electrons. The maximum Gasteiger partial charge on any atom is 0.172 e. The van der Waals surface area contributed by atoms with E-state index < -0.39 is 0 Å². The molecule has 2 aliphatic heterocycles. The first kappa shape index (κ1) is 20.6. The first-order chi connectivity index (χ1) is 14.7. The number of nitrogens with zero attached hydrogens (tertiary/aromatic N) is 4. The van der Waals surface area contributed by atoms with E-state index in [9.17, 15) is 0 Å². The van der Waals surface area contributed by atoms with E-state index in [4.69, 9.17) is 16.6 Å². The average molecular weight is 507 g/mol. The molecule has 4 heterocycles. The van der Waals surface area contributed by atoms with Gasteiger partial charge < -0.3 is 5.32 Å². The van der Waals surface area contributed by atoms with Crippen molar-refractivity contribution in [3.05, 3.63) is 46.0 Å². The highest BCUT2D eigenvalue weighted by Crippen LogP contribution is 2.31. The van der Waals surface area contributed by atoms with Crippen LogP contribution < -0.4 is 5.32 Å². The van der Waals surface area contributed by atoms with Crippen LogP contribution in [0.25, 0.3) is 16.9 Å². The average Bonchev–Trinajstić information content (AvgIpc) is 3.43. The van der Waals surface area contributed by atoms with Crippen LogP contribution in [-0.2, 0) is 0 Å². The maximum absolute atomic E-state index is 6.45. The molecule has 2 fully saturated rings. The molecule has 30 heavy (non-hydrogen) atoms. The number of aromatic nitrogens is 3.